The molecule has 118 valence electrons. The van der Waals surface area contributed by atoms with Crippen LogP contribution in [0.1, 0.15) is 49.7 Å². The first-order valence-corrected chi connectivity index (χ1v) is 8.47. The average molecular weight is 310 g/mol. The number of anilines is 2. The Balaban J connectivity index is 1.99. The highest BCUT2D eigenvalue weighted by molar-refractivity contribution is 7.18. The molecule has 1 aliphatic carbocycles. The maximum atomic E-state index is 12.3. The van der Waals surface area contributed by atoms with Gasteiger partial charge in [0.25, 0.3) is 5.91 Å². The molecule has 0 unspecified atom stereocenters. The minimum Gasteiger partial charge on any atom is -0.382 e. The first-order chi connectivity index (χ1) is 9.89. The maximum absolute atomic E-state index is 12.3. The molecule has 1 fully saturated rings. The molecular weight excluding hydrogens is 284 g/mol. The number of amides is 1. The van der Waals surface area contributed by atoms with Gasteiger partial charge in [0.1, 0.15) is 10.7 Å². The standard InChI is InChI=1S/C15H26N4OS/c1-5-8-19(4)14-18-12(16)11(21-14)13(20)17-9-15(6-7-15)10(2)3/h10H,5-9,16H2,1-4H3,(H,17,20). The summed E-state index contributed by atoms with van der Waals surface area (Å²) < 4.78 is 0. The average Bonchev–Trinajstić information content (AvgIpc) is 3.13. The molecule has 0 bridgehead atoms. The van der Waals surface area contributed by atoms with Gasteiger partial charge in [0, 0.05) is 20.1 Å². The van der Waals surface area contributed by atoms with Crippen LogP contribution in [-0.4, -0.2) is 31.0 Å². The zero-order valence-electron chi connectivity index (χ0n) is 13.4. The minimum absolute atomic E-state index is 0.0897. The first kappa shape index (κ1) is 16.1. The quantitative estimate of drug-likeness (QED) is 0.812. The Kier molecular flexibility index (Phi) is 4.76. The van der Waals surface area contributed by atoms with Crippen molar-refractivity contribution in [1.29, 1.82) is 0 Å². The van der Waals surface area contributed by atoms with Gasteiger partial charge >= 0.3 is 0 Å². The highest BCUT2D eigenvalue weighted by atomic mass is 32.1. The van der Waals surface area contributed by atoms with Gasteiger partial charge in [0.2, 0.25) is 0 Å². The normalized spacial score (nSPS) is 16.0. The molecule has 0 radical (unpaired) electrons. The lowest BCUT2D eigenvalue weighted by Crippen LogP contribution is -2.32. The lowest BCUT2D eigenvalue weighted by Gasteiger charge is -2.19. The largest absolute Gasteiger partial charge is 0.382 e. The van der Waals surface area contributed by atoms with Crippen molar-refractivity contribution in [3.05, 3.63) is 4.88 Å². The van der Waals surface area contributed by atoms with Crippen LogP contribution >= 0.6 is 11.3 Å². The molecule has 0 saturated heterocycles. The zero-order chi connectivity index (χ0) is 15.6. The predicted octanol–water partition coefficient (Wildman–Crippen LogP) is 2.74. The van der Waals surface area contributed by atoms with Crippen molar-refractivity contribution in [3.63, 3.8) is 0 Å². The van der Waals surface area contributed by atoms with Crippen LogP contribution in [-0.2, 0) is 0 Å². The Morgan fingerprint density at radius 1 is 1.52 bits per heavy atom. The fourth-order valence-corrected chi connectivity index (χ4v) is 3.42. The minimum atomic E-state index is -0.0897. The number of nitrogen functional groups attached to an aromatic ring is 1. The van der Waals surface area contributed by atoms with E-state index in [0.29, 0.717) is 22.0 Å². The molecule has 1 amide bonds. The number of nitrogens with two attached hydrogens (primary N) is 1. The summed E-state index contributed by atoms with van der Waals surface area (Å²) in [7, 11) is 1.97. The molecule has 1 aliphatic rings. The molecule has 6 heteroatoms. The second-order valence-corrected chi connectivity index (χ2v) is 7.31. The topological polar surface area (TPSA) is 71.2 Å². The fraction of sp³-hybridized carbons (Fsp3) is 0.733. The number of carbonyl (C=O) groups excluding carboxylic acids is 1. The molecule has 1 aromatic heterocycles. The monoisotopic (exact) mass is 310 g/mol. The number of carbonyl (C=O) groups is 1. The summed E-state index contributed by atoms with van der Waals surface area (Å²) in [5, 5.41) is 3.85. The van der Waals surface area contributed by atoms with Crippen LogP contribution in [0.15, 0.2) is 0 Å². The fourth-order valence-electron chi connectivity index (χ4n) is 2.53. The third-order valence-corrected chi connectivity index (χ3v) is 5.64. The highest BCUT2D eigenvalue weighted by Crippen LogP contribution is 2.51. The van der Waals surface area contributed by atoms with E-state index in [2.05, 4.69) is 31.1 Å². The highest BCUT2D eigenvalue weighted by Gasteiger charge is 2.45. The second kappa shape index (κ2) is 6.22. The van der Waals surface area contributed by atoms with Crippen molar-refractivity contribution in [1.82, 2.24) is 10.3 Å². The number of aromatic nitrogens is 1. The van der Waals surface area contributed by atoms with Gasteiger partial charge in [-0.05, 0) is 30.6 Å². The lowest BCUT2D eigenvalue weighted by atomic mass is 9.92. The summed E-state index contributed by atoms with van der Waals surface area (Å²) in [5.74, 6) is 0.848. The van der Waals surface area contributed by atoms with Gasteiger partial charge in [0.15, 0.2) is 5.13 Å². The van der Waals surface area contributed by atoms with Crippen molar-refractivity contribution in [2.75, 3.05) is 30.8 Å². The number of hydrogen-bond acceptors (Lipinski definition) is 5. The maximum Gasteiger partial charge on any atom is 0.265 e. The Morgan fingerprint density at radius 3 is 2.71 bits per heavy atom. The van der Waals surface area contributed by atoms with Gasteiger partial charge in [-0.2, -0.15) is 0 Å². The van der Waals surface area contributed by atoms with Crippen molar-refractivity contribution in [3.8, 4) is 0 Å². The Bertz CT molecular complexity index is 508. The van der Waals surface area contributed by atoms with E-state index in [1.54, 1.807) is 0 Å². The van der Waals surface area contributed by atoms with Crippen LogP contribution in [0.3, 0.4) is 0 Å². The van der Waals surface area contributed by atoms with Crippen molar-refractivity contribution >= 4 is 28.2 Å². The van der Waals surface area contributed by atoms with E-state index in [9.17, 15) is 4.79 Å². The first-order valence-electron chi connectivity index (χ1n) is 7.65. The molecule has 5 nitrogen and oxygen atoms in total. The Hall–Kier alpha value is -1.30. The van der Waals surface area contributed by atoms with Crippen molar-refractivity contribution in [2.24, 2.45) is 11.3 Å². The van der Waals surface area contributed by atoms with Crippen LogP contribution in [0.25, 0.3) is 0 Å². The number of nitrogens with zero attached hydrogens (tertiary/aromatic N) is 2. The smallest absolute Gasteiger partial charge is 0.265 e. The molecule has 0 atom stereocenters. The molecule has 0 aliphatic heterocycles. The van der Waals surface area contributed by atoms with Gasteiger partial charge in [0.05, 0.1) is 0 Å². The van der Waals surface area contributed by atoms with Crippen LogP contribution < -0.4 is 16.0 Å². The van der Waals surface area contributed by atoms with Gasteiger partial charge in [-0.3, -0.25) is 4.79 Å². The molecule has 0 aromatic carbocycles. The summed E-state index contributed by atoms with van der Waals surface area (Å²) in [6.07, 6.45) is 3.44. The van der Waals surface area contributed by atoms with Crippen LogP contribution in [0.4, 0.5) is 10.9 Å². The van der Waals surface area contributed by atoms with Gasteiger partial charge < -0.3 is 16.0 Å². The molecule has 1 saturated carbocycles. The summed E-state index contributed by atoms with van der Waals surface area (Å²) in [5.41, 5.74) is 6.21. The zero-order valence-corrected chi connectivity index (χ0v) is 14.2. The number of nitrogens with one attached hydrogen (secondary N) is 1. The van der Waals surface area contributed by atoms with E-state index in [-0.39, 0.29) is 5.91 Å². The van der Waals surface area contributed by atoms with E-state index in [1.165, 1.54) is 24.2 Å². The number of thiazole rings is 1. The van der Waals surface area contributed by atoms with E-state index in [1.807, 2.05) is 11.9 Å². The van der Waals surface area contributed by atoms with Gasteiger partial charge in [-0.25, -0.2) is 4.98 Å². The van der Waals surface area contributed by atoms with Crippen LogP contribution in [0, 0.1) is 11.3 Å². The summed E-state index contributed by atoms with van der Waals surface area (Å²) in [6, 6.07) is 0. The molecule has 0 spiro atoms. The predicted molar refractivity (Wildman–Crippen MR) is 88.9 cm³/mol. The lowest BCUT2D eigenvalue weighted by molar-refractivity contribution is 0.0944. The number of rotatable bonds is 7. The molecule has 1 aromatic rings. The van der Waals surface area contributed by atoms with Gasteiger partial charge in [-0.1, -0.05) is 32.1 Å². The molecular formula is C15H26N4OS. The molecule has 1 heterocycles. The number of hydrogen-bond donors (Lipinski definition) is 2. The SMILES string of the molecule is CCCN(C)c1nc(N)c(C(=O)NCC2(C(C)C)CC2)s1. The van der Waals surface area contributed by atoms with Crippen LogP contribution in [0.5, 0.6) is 0 Å². The summed E-state index contributed by atoms with van der Waals surface area (Å²) >= 11 is 1.37. The third kappa shape index (κ3) is 3.48. The molecule has 2 rings (SSSR count). The Morgan fingerprint density at radius 2 is 2.19 bits per heavy atom. The van der Waals surface area contributed by atoms with E-state index in [0.717, 1.165) is 24.6 Å². The van der Waals surface area contributed by atoms with Gasteiger partial charge in [-0.15, -0.1) is 0 Å². The third-order valence-electron chi connectivity index (χ3n) is 4.45. The van der Waals surface area contributed by atoms with E-state index >= 15 is 0 Å². The second-order valence-electron chi connectivity index (χ2n) is 6.33. The van der Waals surface area contributed by atoms with E-state index < -0.39 is 0 Å². The molecule has 21 heavy (non-hydrogen) atoms. The van der Waals surface area contributed by atoms with Crippen molar-refractivity contribution in [2.45, 2.75) is 40.0 Å². The summed E-state index contributed by atoms with van der Waals surface area (Å²) in [4.78, 5) is 19.2. The Labute approximate surface area is 130 Å². The van der Waals surface area contributed by atoms with E-state index in [4.69, 9.17) is 5.73 Å². The van der Waals surface area contributed by atoms with Crippen LogP contribution in [0.2, 0.25) is 0 Å². The summed E-state index contributed by atoms with van der Waals surface area (Å²) in [6.45, 7) is 8.20. The van der Waals surface area contributed by atoms with Crippen molar-refractivity contribution < 1.29 is 4.79 Å². The molecule has 3 N–H and O–H groups in total.